The summed E-state index contributed by atoms with van der Waals surface area (Å²) < 4.78 is 11.7. The van der Waals surface area contributed by atoms with Crippen LogP contribution < -0.4 is 14.9 Å². The average Bonchev–Trinajstić information content (AvgIpc) is 2.75. The second kappa shape index (κ2) is 10.7. The van der Waals surface area contributed by atoms with Crippen LogP contribution in [0.4, 0.5) is 0 Å². The molecule has 8 heteroatoms. The Morgan fingerprint density at radius 1 is 1.06 bits per heavy atom. The van der Waals surface area contributed by atoms with E-state index in [1.807, 2.05) is 25.1 Å². The van der Waals surface area contributed by atoms with Crippen molar-refractivity contribution >= 4 is 45.6 Å². The molecule has 0 atom stereocenters. The maximum atomic E-state index is 12.5. The molecule has 31 heavy (non-hydrogen) atoms. The third-order valence-corrected chi connectivity index (χ3v) is 4.94. The third-order valence-electron chi connectivity index (χ3n) is 4.11. The second-order valence-electron chi connectivity index (χ2n) is 6.40. The highest BCUT2D eigenvalue weighted by Crippen LogP contribution is 2.24. The fourth-order valence-corrected chi connectivity index (χ4v) is 3.15. The minimum Gasteiger partial charge on any atom is -0.483 e. The highest BCUT2D eigenvalue weighted by molar-refractivity contribution is 9.10. The molecule has 3 rings (SSSR count). The molecule has 3 aromatic carbocycles. The summed E-state index contributed by atoms with van der Waals surface area (Å²) in [6.45, 7) is 1.71. The molecule has 0 aromatic heterocycles. The summed E-state index contributed by atoms with van der Waals surface area (Å²) in [6.07, 6.45) is 1.38. The zero-order valence-corrected chi connectivity index (χ0v) is 18.8. The first kappa shape index (κ1) is 22.5. The standard InChI is InChI=1S/C23H18BrClN2O4/c1-15-6-2-5-9-20(15)30-14-22(28)27-26-13-16-12-17(24)10-11-21(16)31-23(29)18-7-3-4-8-19(18)25/h2-13H,14H2,1H3,(H,27,28). The van der Waals surface area contributed by atoms with Crippen molar-refractivity contribution in [1.29, 1.82) is 0 Å². The van der Waals surface area contributed by atoms with Crippen LogP contribution in [0.1, 0.15) is 21.5 Å². The van der Waals surface area contributed by atoms with Gasteiger partial charge in [-0.1, -0.05) is 57.9 Å². The number of amides is 1. The van der Waals surface area contributed by atoms with Crippen molar-refractivity contribution in [2.75, 3.05) is 6.61 Å². The molecular weight excluding hydrogens is 484 g/mol. The van der Waals surface area contributed by atoms with Gasteiger partial charge in [-0.05, 0) is 48.9 Å². The SMILES string of the molecule is Cc1ccccc1OCC(=O)NN=Cc1cc(Br)ccc1OC(=O)c1ccccc1Cl. The Bertz CT molecular complexity index is 1130. The minimum absolute atomic E-state index is 0.185. The Balaban J connectivity index is 1.64. The number of hydrogen-bond acceptors (Lipinski definition) is 5. The average molecular weight is 502 g/mol. The van der Waals surface area contributed by atoms with Gasteiger partial charge in [0.1, 0.15) is 11.5 Å². The number of benzene rings is 3. The molecule has 0 spiro atoms. The van der Waals surface area contributed by atoms with E-state index in [0.717, 1.165) is 10.0 Å². The van der Waals surface area contributed by atoms with Crippen LogP contribution >= 0.6 is 27.5 Å². The number of carbonyl (C=O) groups is 2. The van der Waals surface area contributed by atoms with E-state index < -0.39 is 11.9 Å². The van der Waals surface area contributed by atoms with Crippen LogP contribution in [0.15, 0.2) is 76.3 Å². The molecule has 0 saturated heterocycles. The van der Waals surface area contributed by atoms with Crippen molar-refractivity contribution in [2.24, 2.45) is 5.10 Å². The molecular formula is C23H18BrClN2O4. The molecule has 0 radical (unpaired) electrons. The fraction of sp³-hybridized carbons (Fsp3) is 0.0870. The monoisotopic (exact) mass is 500 g/mol. The largest absolute Gasteiger partial charge is 0.483 e. The van der Waals surface area contributed by atoms with Gasteiger partial charge in [0.25, 0.3) is 5.91 Å². The lowest BCUT2D eigenvalue weighted by molar-refractivity contribution is -0.123. The molecule has 0 fully saturated rings. The Morgan fingerprint density at radius 2 is 1.81 bits per heavy atom. The Labute approximate surface area is 193 Å². The van der Waals surface area contributed by atoms with Gasteiger partial charge in [0, 0.05) is 10.0 Å². The predicted octanol–water partition coefficient (Wildman–Crippen LogP) is 5.16. The predicted molar refractivity (Wildman–Crippen MR) is 123 cm³/mol. The number of rotatable bonds is 7. The van der Waals surface area contributed by atoms with Crippen LogP contribution in [0.3, 0.4) is 0 Å². The van der Waals surface area contributed by atoms with E-state index in [0.29, 0.717) is 16.3 Å². The molecule has 0 aliphatic carbocycles. The topological polar surface area (TPSA) is 77.0 Å². The van der Waals surface area contributed by atoms with Crippen LogP contribution in [-0.2, 0) is 4.79 Å². The van der Waals surface area contributed by atoms with E-state index in [2.05, 4.69) is 26.5 Å². The lowest BCUT2D eigenvalue weighted by atomic mass is 10.2. The number of carbonyl (C=O) groups excluding carboxylic acids is 2. The molecule has 0 aliphatic rings. The number of hydrazone groups is 1. The van der Waals surface area contributed by atoms with Crippen molar-refractivity contribution in [1.82, 2.24) is 5.43 Å². The summed E-state index contributed by atoms with van der Waals surface area (Å²) in [4.78, 5) is 24.5. The van der Waals surface area contributed by atoms with Gasteiger partial charge in [-0.15, -0.1) is 0 Å². The van der Waals surface area contributed by atoms with Crippen LogP contribution in [0.2, 0.25) is 5.02 Å². The molecule has 0 unspecified atom stereocenters. The zero-order chi connectivity index (χ0) is 22.2. The second-order valence-corrected chi connectivity index (χ2v) is 7.72. The quantitative estimate of drug-likeness (QED) is 0.210. The Kier molecular flexibility index (Phi) is 7.81. The highest BCUT2D eigenvalue weighted by Gasteiger charge is 2.14. The summed E-state index contributed by atoms with van der Waals surface area (Å²) in [5.41, 5.74) is 4.05. The van der Waals surface area contributed by atoms with Crippen molar-refractivity contribution in [2.45, 2.75) is 6.92 Å². The normalized spacial score (nSPS) is 10.7. The highest BCUT2D eigenvalue weighted by atomic mass is 79.9. The van der Waals surface area contributed by atoms with Crippen LogP contribution in [0, 0.1) is 6.92 Å². The lowest BCUT2D eigenvalue weighted by Gasteiger charge is -2.09. The summed E-state index contributed by atoms with van der Waals surface area (Å²) in [7, 11) is 0. The first-order chi connectivity index (χ1) is 14.9. The van der Waals surface area contributed by atoms with Gasteiger partial charge in [0.2, 0.25) is 0 Å². The molecule has 0 saturated carbocycles. The molecule has 0 heterocycles. The van der Waals surface area contributed by atoms with Gasteiger partial charge in [-0.2, -0.15) is 5.10 Å². The Hall–Kier alpha value is -3.16. The maximum Gasteiger partial charge on any atom is 0.345 e. The Morgan fingerprint density at radius 3 is 2.58 bits per heavy atom. The van der Waals surface area contributed by atoms with E-state index in [9.17, 15) is 9.59 Å². The van der Waals surface area contributed by atoms with Crippen LogP contribution in [0.25, 0.3) is 0 Å². The van der Waals surface area contributed by atoms with Gasteiger partial charge >= 0.3 is 5.97 Å². The van der Waals surface area contributed by atoms with Gasteiger partial charge in [0.05, 0.1) is 16.8 Å². The number of para-hydroxylation sites is 1. The van der Waals surface area contributed by atoms with Crippen molar-refractivity contribution in [3.8, 4) is 11.5 Å². The van der Waals surface area contributed by atoms with Crippen molar-refractivity contribution < 1.29 is 19.1 Å². The van der Waals surface area contributed by atoms with Gasteiger partial charge in [0.15, 0.2) is 6.61 Å². The summed E-state index contributed by atoms with van der Waals surface area (Å²) in [5.74, 6) is -0.132. The number of hydrogen-bond donors (Lipinski definition) is 1. The molecule has 1 amide bonds. The minimum atomic E-state index is -0.599. The van der Waals surface area contributed by atoms with E-state index in [-0.39, 0.29) is 17.9 Å². The van der Waals surface area contributed by atoms with Crippen LogP contribution in [0.5, 0.6) is 11.5 Å². The first-order valence-electron chi connectivity index (χ1n) is 9.20. The number of esters is 1. The maximum absolute atomic E-state index is 12.5. The molecule has 3 aromatic rings. The number of aryl methyl sites for hydroxylation is 1. The van der Waals surface area contributed by atoms with E-state index in [1.165, 1.54) is 6.21 Å². The number of nitrogens with zero attached hydrogens (tertiary/aromatic N) is 1. The first-order valence-corrected chi connectivity index (χ1v) is 10.4. The van der Waals surface area contributed by atoms with Gasteiger partial charge in [-0.3, -0.25) is 4.79 Å². The summed E-state index contributed by atoms with van der Waals surface area (Å²) in [6, 6.07) is 19.0. The third kappa shape index (κ3) is 6.41. The molecule has 1 N–H and O–H groups in total. The molecule has 0 aliphatic heterocycles. The zero-order valence-electron chi connectivity index (χ0n) is 16.5. The number of nitrogens with one attached hydrogen (secondary N) is 1. The van der Waals surface area contributed by atoms with E-state index in [1.54, 1.807) is 48.5 Å². The number of ether oxygens (including phenoxy) is 2. The van der Waals surface area contributed by atoms with Crippen LogP contribution in [-0.4, -0.2) is 24.7 Å². The van der Waals surface area contributed by atoms with E-state index in [4.69, 9.17) is 21.1 Å². The smallest absolute Gasteiger partial charge is 0.345 e. The van der Waals surface area contributed by atoms with Crippen molar-refractivity contribution in [3.63, 3.8) is 0 Å². The number of halogens is 2. The summed E-state index contributed by atoms with van der Waals surface area (Å²) in [5, 5.41) is 4.23. The van der Waals surface area contributed by atoms with Gasteiger partial charge in [-0.25, -0.2) is 10.2 Å². The van der Waals surface area contributed by atoms with E-state index >= 15 is 0 Å². The summed E-state index contributed by atoms with van der Waals surface area (Å²) >= 11 is 9.43. The molecule has 0 bridgehead atoms. The fourth-order valence-electron chi connectivity index (χ4n) is 2.56. The lowest BCUT2D eigenvalue weighted by Crippen LogP contribution is -2.24. The molecule has 158 valence electrons. The molecule has 6 nitrogen and oxygen atoms in total. The van der Waals surface area contributed by atoms with Crippen molar-refractivity contribution in [3.05, 3.63) is 92.9 Å². The van der Waals surface area contributed by atoms with Gasteiger partial charge < -0.3 is 9.47 Å².